The molecule has 6 nitrogen and oxygen atoms in total. The smallest absolute Gasteiger partial charge is 0.336 e. The van der Waals surface area contributed by atoms with E-state index in [1.807, 2.05) is 6.92 Å². The van der Waals surface area contributed by atoms with Gasteiger partial charge in [0.15, 0.2) is 17.3 Å². The number of hydrogen-bond acceptors (Lipinski definition) is 6. The lowest BCUT2D eigenvalue weighted by Gasteiger charge is -2.39. The third-order valence-corrected chi connectivity index (χ3v) is 5.27. The molecule has 0 fully saturated rings. The molecule has 0 amide bonds. The fourth-order valence-corrected chi connectivity index (χ4v) is 4.12. The van der Waals surface area contributed by atoms with E-state index in [4.69, 9.17) is 9.47 Å². The van der Waals surface area contributed by atoms with Crippen LogP contribution in [0.5, 0.6) is 11.5 Å². The van der Waals surface area contributed by atoms with Crippen molar-refractivity contribution in [3.63, 3.8) is 0 Å². The van der Waals surface area contributed by atoms with E-state index in [1.54, 1.807) is 19.1 Å². The summed E-state index contributed by atoms with van der Waals surface area (Å²) < 4.78 is 10.5. The van der Waals surface area contributed by atoms with Crippen LogP contribution in [-0.2, 0) is 14.3 Å². The fourth-order valence-electron chi connectivity index (χ4n) is 4.12. The highest BCUT2D eigenvalue weighted by molar-refractivity contribution is 6.04. The average Bonchev–Trinajstić information content (AvgIpc) is 2.60. The minimum absolute atomic E-state index is 0.00359. The number of carbonyl (C=O) groups is 2. The maximum absolute atomic E-state index is 13.1. The number of benzene rings is 1. The molecule has 3 rings (SSSR count). The Morgan fingerprint density at radius 2 is 2.04 bits per heavy atom. The van der Waals surface area contributed by atoms with Crippen molar-refractivity contribution in [1.82, 2.24) is 5.32 Å². The van der Waals surface area contributed by atoms with E-state index < -0.39 is 11.9 Å². The summed E-state index contributed by atoms with van der Waals surface area (Å²) in [6.07, 6.45) is 1.13. The molecular weight excluding hydrogens is 358 g/mol. The third-order valence-electron chi connectivity index (χ3n) is 5.27. The van der Waals surface area contributed by atoms with E-state index in [-0.39, 0.29) is 23.6 Å². The molecule has 0 saturated carbocycles. The van der Waals surface area contributed by atoms with Crippen LogP contribution in [0.1, 0.15) is 52.0 Å². The number of methoxy groups -OCH3 is 1. The molecule has 28 heavy (non-hydrogen) atoms. The SMILES string of the molecule is CCOC(=O)C1=C(C)NC2=C(C(=O)CC(C)(C)C2)[C@@H]1c1ccc(O)c(OC)c1. The first-order chi connectivity index (χ1) is 13.2. The second-order valence-corrected chi connectivity index (χ2v) is 8.08. The monoisotopic (exact) mass is 385 g/mol. The van der Waals surface area contributed by atoms with Crippen molar-refractivity contribution in [1.29, 1.82) is 0 Å². The van der Waals surface area contributed by atoms with Crippen LogP contribution in [0.2, 0.25) is 0 Å². The number of allylic oxidation sites excluding steroid dienone is 3. The molecule has 150 valence electrons. The molecule has 1 aliphatic heterocycles. The summed E-state index contributed by atoms with van der Waals surface area (Å²) in [6.45, 7) is 7.95. The molecule has 2 N–H and O–H groups in total. The quantitative estimate of drug-likeness (QED) is 0.771. The highest BCUT2D eigenvalue weighted by atomic mass is 16.5. The van der Waals surface area contributed by atoms with Gasteiger partial charge in [-0.3, -0.25) is 4.79 Å². The number of nitrogens with one attached hydrogen (secondary N) is 1. The number of ketones is 1. The van der Waals surface area contributed by atoms with Crippen molar-refractivity contribution < 1.29 is 24.2 Å². The summed E-state index contributed by atoms with van der Waals surface area (Å²) in [5, 5.41) is 13.3. The lowest BCUT2D eigenvalue weighted by molar-refractivity contribution is -0.138. The minimum Gasteiger partial charge on any atom is -0.504 e. The van der Waals surface area contributed by atoms with Gasteiger partial charge < -0.3 is 19.9 Å². The van der Waals surface area contributed by atoms with E-state index in [2.05, 4.69) is 19.2 Å². The molecule has 1 atom stereocenters. The molecule has 1 aromatic rings. The zero-order valence-corrected chi connectivity index (χ0v) is 17.0. The number of rotatable bonds is 4. The molecule has 1 heterocycles. The standard InChI is InChI=1S/C22H27NO5/c1-6-28-21(26)18-12(2)23-14-10-22(3,4)11-16(25)20(14)19(18)13-7-8-15(24)17(9-13)27-5/h7-9,19,23-24H,6,10-11H2,1-5H3/t19-/m1/s1. The molecule has 0 aromatic heterocycles. The zero-order chi connectivity index (χ0) is 20.6. The number of ether oxygens (including phenoxy) is 2. The van der Waals surface area contributed by atoms with Crippen molar-refractivity contribution in [2.24, 2.45) is 5.41 Å². The second-order valence-electron chi connectivity index (χ2n) is 8.08. The van der Waals surface area contributed by atoms with Crippen LogP contribution in [-0.4, -0.2) is 30.6 Å². The summed E-state index contributed by atoms with van der Waals surface area (Å²) >= 11 is 0. The molecule has 2 aliphatic rings. The van der Waals surface area contributed by atoms with Crippen molar-refractivity contribution in [3.8, 4) is 11.5 Å². The summed E-state index contributed by atoms with van der Waals surface area (Å²) in [5.74, 6) is -0.696. The molecule has 0 unspecified atom stereocenters. The highest BCUT2D eigenvalue weighted by Crippen LogP contribution is 2.47. The number of dihydropyridines is 1. The van der Waals surface area contributed by atoms with Crippen molar-refractivity contribution in [2.75, 3.05) is 13.7 Å². The Kier molecular flexibility index (Phi) is 5.24. The molecule has 0 spiro atoms. The second kappa shape index (κ2) is 7.34. The van der Waals surface area contributed by atoms with Crippen LogP contribution in [0.15, 0.2) is 40.7 Å². The van der Waals surface area contributed by atoms with Gasteiger partial charge in [0.05, 0.1) is 19.3 Å². The van der Waals surface area contributed by atoms with Crippen LogP contribution in [0.4, 0.5) is 0 Å². The fraction of sp³-hybridized carbons (Fsp3) is 0.455. The number of Topliss-reactive ketones (excluding diaryl/α,β-unsaturated/α-hetero) is 1. The first-order valence-electron chi connectivity index (χ1n) is 9.46. The first-order valence-corrected chi connectivity index (χ1v) is 9.46. The van der Waals surface area contributed by atoms with Gasteiger partial charge in [-0.25, -0.2) is 4.79 Å². The van der Waals surface area contributed by atoms with E-state index >= 15 is 0 Å². The van der Waals surface area contributed by atoms with Crippen molar-refractivity contribution >= 4 is 11.8 Å². The molecule has 1 aromatic carbocycles. The Balaban J connectivity index is 2.21. The maximum Gasteiger partial charge on any atom is 0.336 e. The van der Waals surface area contributed by atoms with Gasteiger partial charge >= 0.3 is 5.97 Å². The average molecular weight is 385 g/mol. The predicted octanol–water partition coefficient (Wildman–Crippen LogP) is 3.57. The third kappa shape index (κ3) is 3.51. The Morgan fingerprint density at radius 3 is 2.68 bits per heavy atom. The van der Waals surface area contributed by atoms with Gasteiger partial charge in [0.1, 0.15) is 0 Å². The van der Waals surface area contributed by atoms with Crippen LogP contribution >= 0.6 is 0 Å². The largest absolute Gasteiger partial charge is 0.504 e. The van der Waals surface area contributed by atoms with Crippen molar-refractivity contribution in [3.05, 3.63) is 46.3 Å². The minimum atomic E-state index is -0.562. The number of aromatic hydroxyl groups is 1. The van der Waals surface area contributed by atoms with Gasteiger partial charge in [-0.05, 0) is 43.4 Å². The number of carbonyl (C=O) groups excluding carboxylic acids is 2. The van der Waals surface area contributed by atoms with E-state index in [9.17, 15) is 14.7 Å². The lowest BCUT2D eigenvalue weighted by Crippen LogP contribution is -2.38. The van der Waals surface area contributed by atoms with Crippen LogP contribution in [0.25, 0.3) is 0 Å². The summed E-state index contributed by atoms with van der Waals surface area (Å²) in [7, 11) is 1.47. The first kappa shape index (κ1) is 20.0. The molecule has 0 bridgehead atoms. The summed E-state index contributed by atoms with van der Waals surface area (Å²) in [4.78, 5) is 25.9. The normalized spacial score (nSPS) is 21.2. The van der Waals surface area contributed by atoms with Gasteiger partial charge in [-0.1, -0.05) is 19.9 Å². The summed E-state index contributed by atoms with van der Waals surface area (Å²) in [6, 6.07) is 4.92. The topological polar surface area (TPSA) is 84.9 Å². The lowest BCUT2D eigenvalue weighted by atomic mass is 9.68. The highest BCUT2D eigenvalue weighted by Gasteiger charge is 2.43. The van der Waals surface area contributed by atoms with Gasteiger partial charge in [0.2, 0.25) is 0 Å². The number of phenols is 1. The van der Waals surface area contributed by atoms with E-state index in [1.165, 1.54) is 13.2 Å². The van der Waals surface area contributed by atoms with Crippen molar-refractivity contribution in [2.45, 2.75) is 46.5 Å². The van der Waals surface area contributed by atoms with E-state index in [0.29, 0.717) is 41.0 Å². The molecule has 1 aliphatic carbocycles. The van der Waals surface area contributed by atoms with Gasteiger partial charge in [-0.15, -0.1) is 0 Å². The maximum atomic E-state index is 13.1. The molecule has 0 saturated heterocycles. The molecule has 0 radical (unpaired) electrons. The van der Waals surface area contributed by atoms with E-state index in [0.717, 1.165) is 5.70 Å². The van der Waals surface area contributed by atoms with Gasteiger partial charge in [0.25, 0.3) is 0 Å². The van der Waals surface area contributed by atoms with Gasteiger partial charge in [-0.2, -0.15) is 0 Å². The predicted molar refractivity (Wildman–Crippen MR) is 105 cm³/mol. The Hall–Kier alpha value is -2.76. The summed E-state index contributed by atoms with van der Waals surface area (Å²) in [5.41, 5.74) is 3.10. The van der Waals surface area contributed by atoms with Crippen LogP contribution in [0, 0.1) is 5.41 Å². The number of phenolic OH excluding ortho intramolecular Hbond substituents is 1. The molecule has 6 heteroatoms. The zero-order valence-electron chi connectivity index (χ0n) is 17.0. The molecular formula is C22H27NO5. The Labute approximate surface area is 165 Å². The van der Waals surface area contributed by atoms with Gasteiger partial charge in [0, 0.05) is 29.3 Å². The van der Waals surface area contributed by atoms with Crippen LogP contribution in [0.3, 0.4) is 0 Å². The van der Waals surface area contributed by atoms with Crippen LogP contribution < -0.4 is 10.1 Å². The number of esters is 1. The Morgan fingerprint density at radius 1 is 1.32 bits per heavy atom. The number of hydrogen-bond donors (Lipinski definition) is 2. The Bertz CT molecular complexity index is 894.